The minimum Gasteiger partial charge on any atom is -0.349 e. The Morgan fingerprint density at radius 3 is 2.79 bits per heavy atom. The zero-order valence-electron chi connectivity index (χ0n) is 11.2. The van der Waals surface area contributed by atoms with Gasteiger partial charge in [-0.15, -0.1) is 0 Å². The minimum atomic E-state index is -0.261. The van der Waals surface area contributed by atoms with Crippen LogP contribution in [0.4, 0.5) is 4.39 Å². The molecule has 0 amide bonds. The summed E-state index contributed by atoms with van der Waals surface area (Å²) in [7, 11) is 1.94. The van der Waals surface area contributed by atoms with Gasteiger partial charge in [-0.25, -0.2) is 4.39 Å². The molecule has 102 valence electrons. The van der Waals surface area contributed by atoms with Crippen molar-refractivity contribution in [3.63, 3.8) is 0 Å². The van der Waals surface area contributed by atoms with Crippen LogP contribution in [0, 0.1) is 5.82 Å². The van der Waals surface area contributed by atoms with Crippen LogP contribution in [-0.2, 0) is 6.54 Å². The van der Waals surface area contributed by atoms with Crippen molar-refractivity contribution in [1.82, 2.24) is 9.88 Å². The van der Waals surface area contributed by atoms with Crippen molar-refractivity contribution in [3.05, 3.63) is 58.6 Å². The molecule has 0 fully saturated rings. The van der Waals surface area contributed by atoms with E-state index in [9.17, 15) is 4.39 Å². The Hall–Kier alpha value is -1.32. The Labute approximate surface area is 118 Å². The van der Waals surface area contributed by atoms with E-state index in [0.717, 1.165) is 6.42 Å². The summed E-state index contributed by atoms with van der Waals surface area (Å²) < 4.78 is 15.7. The van der Waals surface area contributed by atoms with E-state index in [1.54, 1.807) is 12.1 Å². The molecule has 2 rings (SSSR count). The Kier molecular flexibility index (Phi) is 4.61. The smallest absolute Gasteiger partial charge is 0.129 e. The molecule has 0 saturated heterocycles. The van der Waals surface area contributed by atoms with Crippen molar-refractivity contribution >= 4 is 11.6 Å². The molecule has 0 saturated carbocycles. The molecule has 1 atom stereocenters. The number of benzene rings is 1. The van der Waals surface area contributed by atoms with E-state index in [0.29, 0.717) is 23.2 Å². The van der Waals surface area contributed by atoms with Gasteiger partial charge in [0.2, 0.25) is 0 Å². The molecule has 1 unspecified atom stereocenters. The van der Waals surface area contributed by atoms with Crippen LogP contribution in [0.2, 0.25) is 5.02 Å². The standard InChI is InChI=1S/C15H18ClFN2/c1-3-15(18-2)11-7-8-19(9-11)10-12-13(16)5-4-6-14(12)17/h4-9,15,18H,3,10H2,1-2H3. The summed E-state index contributed by atoms with van der Waals surface area (Å²) >= 11 is 6.04. The van der Waals surface area contributed by atoms with Crippen LogP contribution in [-0.4, -0.2) is 11.6 Å². The van der Waals surface area contributed by atoms with E-state index < -0.39 is 0 Å². The maximum atomic E-state index is 13.7. The van der Waals surface area contributed by atoms with Crippen molar-refractivity contribution < 1.29 is 4.39 Å². The van der Waals surface area contributed by atoms with E-state index >= 15 is 0 Å². The Balaban J connectivity index is 2.20. The molecular weight excluding hydrogens is 263 g/mol. The first-order valence-electron chi connectivity index (χ1n) is 6.41. The van der Waals surface area contributed by atoms with Crippen molar-refractivity contribution in [2.75, 3.05) is 7.05 Å². The van der Waals surface area contributed by atoms with E-state index in [2.05, 4.69) is 18.3 Å². The highest BCUT2D eigenvalue weighted by Gasteiger charge is 2.10. The fourth-order valence-corrected chi connectivity index (χ4v) is 2.46. The maximum Gasteiger partial charge on any atom is 0.129 e. The Morgan fingerprint density at radius 2 is 2.16 bits per heavy atom. The molecule has 1 N–H and O–H groups in total. The van der Waals surface area contributed by atoms with Gasteiger partial charge in [0, 0.05) is 29.0 Å². The topological polar surface area (TPSA) is 17.0 Å². The molecule has 0 aliphatic heterocycles. The van der Waals surface area contributed by atoms with Gasteiger partial charge in [0.05, 0.1) is 6.54 Å². The lowest BCUT2D eigenvalue weighted by Gasteiger charge is -2.11. The third-order valence-corrected chi connectivity index (χ3v) is 3.69. The third-order valence-electron chi connectivity index (χ3n) is 3.33. The fraction of sp³-hybridized carbons (Fsp3) is 0.333. The summed E-state index contributed by atoms with van der Waals surface area (Å²) in [4.78, 5) is 0. The first kappa shape index (κ1) is 14.1. The number of hydrogen-bond acceptors (Lipinski definition) is 1. The Bertz CT molecular complexity index is 527. The molecule has 0 radical (unpaired) electrons. The zero-order chi connectivity index (χ0) is 13.8. The van der Waals surface area contributed by atoms with Crippen LogP contribution in [0.1, 0.15) is 30.5 Å². The Morgan fingerprint density at radius 1 is 1.37 bits per heavy atom. The first-order valence-corrected chi connectivity index (χ1v) is 6.79. The second-order valence-corrected chi connectivity index (χ2v) is 4.97. The van der Waals surface area contributed by atoms with E-state index in [4.69, 9.17) is 11.6 Å². The van der Waals surface area contributed by atoms with Crippen LogP contribution < -0.4 is 5.32 Å². The van der Waals surface area contributed by atoms with Gasteiger partial charge in [-0.2, -0.15) is 0 Å². The highest BCUT2D eigenvalue weighted by atomic mass is 35.5. The molecule has 2 nitrogen and oxygen atoms in total. The molecule has 4 heteroatoms. The average Bonchev–Trinajstić information content (AvgIpc) is 2.84. The quantitative estimate of drug-likeness (QED) is 0.876. The maximum absolute atomic E-state index is 13.7. The normalized spacial score (nSPS) is 12.6. The van der Waals surface area contributed by atoms with Crippen LogP contribution in [0.15, 0.2) is 36.7 Å². The fourth-order valence-electron chi connectivity index (χ4n) is 2.24. The van der Waals surface area contributed by atoms with E-state index in [1.165, 1.54) is 11.6 Å². The molecule has 0 bridgehead atoms. The number of aromatic nitrogens is 1. The second-order valence-electron chi connectivity index (χ2n) is 4.57. The molecule has 0 spiro atoms. The van der Waals surface area contributed by atoms with Crippen molar-refractivity contribution in [2.24, 2.45) is 0 Å². The molecule has 1 aromatic heterocycles. The number of halogens is 2. The van der Waals surface area contributed by atoms with Crippen molar-refractivity contribution in [2.45, 2.75) is 25.9 Å². The van der Waals surface area contributed by atoms with Gasteiger partial charge in [0.15, 0.2) is 0 Å². The monoisotopic (exact) mass is 280 g/mol. The lowest BCUT2D eigenvalue weighted by atomic mass is 10.1. The second kappa shape index (κ2) is 6.22. The number of rotatable bonds is 5. The minimum absolute atomic E-state index is 0.261. The lowest BCUT2D eigenvalue weighted by Crippen LogP contribution is -2.14. The summed E-state index contributed by atoms with van der Waals surface area (Å²) in [5, 5.41) is 3.72. The number of nitrogens with zero attached hydrogens (tertiary/aromatic N) is 1. The third kappa shape index (κ3) is 3.17. The molecule has 0 aliphatic carbocycles. The number of hydrogen-bond donors (Lipinski definition) is 1. The summed E-state index contributed by atoms with van der Waals surface area (Å²) in [6, 6.07) is 7.16. The molecule has 1 heterocycles. The van der Waals surface area contributed by atoms with Gasteiger partial charge in [0.1, 0.15) is 5.82 Å². The first-order chi connectivity index (χ1) is 9.15. The summed E-state index contributed by atoms with van der Waals surface area (Å²) in [6.07, 6.45) is 5.01. The van der Waals surface area contributed by atoms with Crippen molar-refractivity contribution in [1.29, 1.82) is 0 Å². The molecule has 19 heavy (non-hydrogen) atoms. The average molecular weight is 281 g/mol. The van der Waals surface area contributed by atoms with Gasteiger partial charge in [-0.05, 0) is 37.2 Å². The van der Waals surface area contributed by atoms with Crippen LogP contribution in [0.5, 0.6) is 0 Å². The molecule has 1 aromatic carbocycles. The van der Waals surface area contributed by atoms with Crippen LogP contribution >= 0.6 is 11.6 Å². The molecular formula is C15H18ClFN2. The molecule has 2 aromatic rings. The largest absolute Gasteiger partial charge is 0.349 e. The van der Waals surface area contributed by atoms with E-state index in [-0.39, 0.29) is 5.82 Å². The van der Waals surface area contributed by atoms with Gasteiger partial charge in [0.25, 0.3) is 0 Å². The highest BCUT2D eigenvalue weighted by molar-refractivity contribution is 6.31. The summed E-state index contributed by atoms with van der Waals surface area (Å²) in [5.74, 6) is -0.261. The SMILES string of the molecule is CCC(NC)c1ccn(Cc2c(F)cccc2Cl)c1. The van der Waals surface area contributed by atoms with Gasteiger partial charge in [-0.1, -0.05) is 24.6 Å². The predicted molar refractivity (Wildman–Crippen MR) is 77.0 cm³/mol. The van der Waals surface area contributed by atoms with Gasteiger partial charge >= 0.3 is 0 Å². The summed E-state index contributed by atoms with van der Waals surface area (Å²) in [5.41, 5.74) is 1.74. The van der Waals surface area contributed by atoms with Crippen LogP contribution in [0.3, 0.4) is 0 Å². The predicted octanol–water partition coefficient (Wildman–Crippen LogP) is 4.00. The molecule has 0 aliphatic rings. The van der Waals surface area contributed by atoms with Gasteiger partial charge < -0.3 is 9.88 Å². The lowest BCUT2D eigenvalue weighted by molar-refractivity contribution is 0.573. The van der Waals surface area contributed by atoms with E-state index in [1.807, 2.05) is 24.0 Å². The van der Waals surface area contributed by atoms with Crippen molar-refractivity contribution in [3.8, 4) is 0 Å². The van der Waals surface area contributed by atoms with Gasteiger partial charge in [-0.3, -0.25) is 0 Å². The number of nitrogens with one attached hydrogen (secondary N) is 1. The highest BCUT2D eigenvalue weighted by Crippen LogP contribution is 2.22. The van der Waals surface area contributed by atoms with Crippen LogP contribution in [0.25, 0.3) is 0 Å². The summed E-state index contributed by atoms with van der Waals surface area (Å²) in [6.45, 7) is 2.58. The zero-order valence-corrected chi connectivity index (χ0v) is 11.9.